The average Bonchev–Trinajstić information content (AvgIpc) is 2.41. The van der Waals surface area contributed by atoms with Crippen LogP contribution in [-0.2, 0) is 6.54 Å². The third-order valence-corrected chi connectivity index (χ3v) is 2.58. The number of pyridine rings is 1. The lowest BCUT2D eigenvalue weighted by molar-refractivity contribution is 0.174. The summed E-state index contributed by atoms with van der Waals surface area (Å²) in [5.41, 5.74) is 2.05. The van der Waals surface area contributed by atoms with Gasteiger partial charge in [0.15, 0.2) is 0 Å². The second kappa shape index (κ2) is 6.13. The Morgan fingerprint density at radius 2 is 1.94 bits per heavy atom. The van der Waals surface area contributed by atoms with Gasteiger partial charge in [-0.15, -0.1) is 0 Å². The van der Waals surface area contributed by atoms with Crippen LogP contribution in [0.1, 0.15) is 17.2 Å². The molecule has 0 spiro atoms. The molecule has 3 nitrogen and oxygen atoms in total. The van der Waals surface area contributed by atoms with Gasteiger partial charge in [0.2, 0.25) is 0 Å². The van der Waals surface area contributed by atoms with E-state index >= 15 is 0 Å². The van der Waals surface area contributed by atoms with Gasteiger partial charge < -0.3 is 10.4 Å². The number of nitrogens with one attached hydrogen (secondary N) is 1. The summed E-state index contributed by atoms with van der Waals surface area (Å²) in [4.78, 5) is 3.98. The van der Waals surface area contributed by atoms with E-state index in [9.17, 15) is 5.11 Å². The molecule has 1 aromatic heterocycles. The number of hydrogen-bond donors (Lipinski definition) is 2. The van der Waals surface area contributed by atoms with Crippen molar-refractivity contribution in [1.29, 1.82) is 0 Å². The number of aromatic nitrogens is 1. The minimum atomic E-state index is -0.507. The van der Waals surface area contributed by atoms with Crippen LogP contribution in [0.5, 0.6) is 0 Å². The van der Waals surface area contributed by atoms with Gasteiger partial charge in [0.25, 0.3) is 0 Å². The zero-order valence-corrected chi connectivity index (χ0v) is 9.58. The Balaban J connectivity index is 1.79. The van der Waals surface area contributed by atoms with Crippen molar-refractivity contribution in [2.75, 3.05) is 6.54 Å². The highest BCUT2D eigenvalue weighted by Crippen LogP contribution is 2.09. The number of aliphatic hydroxyl groups is 1. The van der Waals surface area contributed by atoms with E-state index < -0.39 is 6.10 Å². The highest BCUT2D eigenvalue weighted by molar-refractivity contribution is 5.15. The fraction of sp³-hybridized carbons (Fsp3) is 0.214. The quantitative estimate of drug-likeness (QED) is 0.821. The van der Waals surface area contributed by atoms with Crippen LogP contribution in [0.3, 0.4) is 0 Å². The van der Waals surface area contributed by atoms with Gasteiger partial charge in [-0.3, -0.25) is 4.98 Å². The topological polar surface area (TPSA) is 45.1 Å². The summed E-state index contributed by atoms with van der Waals surface area (Å²) < 4.78 is 0. The molecule has 17 heavy (non-hydrogen) atoms. The van der Waals surface area contributed by atoms with Gasteiger partial charge in [0.05, 0.1) is 6.10 Å². The molecule has 0 radical (unpaired) electrons. The first-order valence-corrected chi connectivity index (χ1v) is 5.69. The van der Waals surface area contributed by atoms with E-state index in [1.54, 1.807) is 12.4 Å². The first-order chi connectivity index (χ1) is 8.36. The smallest absolute Gasteiger partial charge is 0.0929 e. The molecule has 1 atom stereocenters. The highest BCUT2D eigenvalue weighted by Gasteiger charge is 2.05. The fourth-order valence-electron chi connectivity index (χ4n) is 1.64. The van der Waals surface area contributed by atoms with Crippen LogP contribution in [0, 0.1) is 0 Å². The van der Waals surface area contributed by atoms with Crippen molar-refractivity contribution in [2.45, 2.75) is 12.6 Å². The second-order valence-corrected chi connectivity index (χ2v) is 3.92. The minimum absolute atomic E-state index is 0.507. The predicted octanol–water partition coefficient (Wildman–Crippen LogP) is 1.90. The van der Waals surface area contributed by atoms with Gasteiger partial charge in [-0.25, -0.2) is 0 Å². The highest BCUT2D eigenvalue weighted by atomic mass is 16.3. The summed E-state index contributed by atoms with van der Waals surface area (Å²) in [6.07, 6.45) is 2.88. The molecule has 1 unspecified atom stereocenters. The Hall–Kier alpha value is -1.71. The van der Waals surface area contributed by atoms with Gasteiger partial charge in [-0.1, -0.05) is 36.4 Å². The predicted molar refractivity (Wildman–Crippen MR) is 67.3 cm³/mol. The molecule has 0 aliphatic carbocycles. The van der Waals surface area contributed by atoms with Gasteiger partial charge in [0, 0.05) is 31.0 Å². The lowest BCUT2D eigenvalue weighted by Crippen LogP contribution is -2.21. The molecule has 88 valence electrons. The molecular formula is C14H16N2O. The Kier molecular flexibility index (Phi) is 4.24. The lowest BCUT2D eigenvalue weighted by atomic mass is 10.1. The Labute approximate surface area is 101 Å². The lowest BCUT2D eigenvalue weighted by Gasteiger charge is -2.11. The standard InChI is InChI=1S/C14H16N2O/c17-14(13-7-4-8-15-10-13)11-16-9-12-5-2-1-3-6-12/h1-8,10,14,16-17H,9,11H2. The molecule has 0 amide bonds. The van der Waals surface area contributed by atoms with E-state index in [1.165, 1.54) is 5.56 Å². The van der Waals surface area contributed by atoms with E-state index in [0.29, 0.717) is 6.54 Å². The summed E-state index contributed by atoms with van der Waals surface area (Å²) >= 11 is 0. The Morgan fingerprint density at radius 3 is 2.65 bits per heavy atom. The maximum Gasteiger partial charge on any atom is 0.0929 e. The number of benzene rings is 1. The summed E-state index contributed by atoms with van der Waals surface area (Å²) in [6.45, 7) is 1.29. The van der Waals surface area contributed by atoms with E-state index in [1.807, 2.05) is 30.3 Å². The first-order valence-electron chi connectivity index (χ1n) is 5.69. The van der Waals surface area contributed by atoms with Crippen molar-refractivity contribution in [3.63, 3.8) is 0 Å². The molecule has 1 aromatic carbocycles. The fourth-order valence-corrected chi connectivity index (χ4v) is 1.64. The molecule has 0 fully saturated rings. The molecule has 0 saturated carbocycles. The molecule has 2 aromatic rings. The van der Waals surface area contributed by atoms with Crippen molar-refractivity contribution in [3.8, 4) is 0 Å². The van der Waals surface area contributed by atoms with Crippen LogP contribution in [0.2, 0.25) is 0 Å². The van der Waals surface area contributed by atoms with Gasteiger partial charge in [0.1, 0.15) is 0 Å². The van der Waals surface area contributed by atoms with Crippen LogP contribution in [0.25, 0.3) is 0 Å². The summed E-state index contributed by atoms with van der Waals surface area (Å²) in [5.74, 6) is 0. The van der Waals surface area contributed by atoms with Crippen LogP contribution in [0.15, 0.2) is 54.9 Å². The molecule has 3 heteroatoms. The molecule has 0 aliphatic heterocycles. The van der Waals surface area contributed by atoms with Crippen molar-refractivity contribution in [1.82, 2.24) is 10.3 Å². The minimum Gasteiger partial charge on any atom is -0.387 e. The summed E-state index contributed by atoms with van der Waals surface area (Å²) in [6, 6.07) is 13.8. The zero-order chi connectivity index (χ0) is 11.9. The zero-order valence-electron chi connectivity index (χ0n) is 9.58. The largest absolute Gasteiger partial charge is 0.387 e. The monoisotopic (exact) mass is 228 g/mol. The van der Waals surface area contributed by atoms with E-state index in [4.69, 9.17) is 0 Å². The molecule has 0 bridgehead atoms. The van der Waals surface area contributed by atoms with E-state index in [0.717, 1.165) is 12.1 Å². The maximum atomic E-state index is 9.90. The van der Waals surface area contributed by atoms with Crippen LogP contribution >= 0.6 is 0 Å². The van der Waals surface area contributed by atoms with Crippen LogP contribution in [0.4, 0.5) is 0 Å². The van der Waals surface area contributed by atoms with E-state index in [2.05, 4.69) is 22.4 Å². The average molecular weight is 228 g/mol. The number of nitrogens with zero attached hydrogens (tertiary/aromatic N) is 1. The van der Waals surface area contributed by atoms with Crippen molar-refractivity contribution < 1.29 is 5.11 Å². The molecule has 2 N–H and O–H groups in total. The Morgan fingerprint density at radius 1 is 1.12 bits per heavy atom. The molecule has 0 saturated heterocycles. The molecule has 1 heterocycles. The number of hydrogen-bond acceptors (Lipinski definition) is 3. The third kappa shape index (κ3) is 3.66. The first kappa shape index (κ1) is 11.8. The summed E-state index contributed by atoms with van der Waals surface area (Å²) in [5, 5.41) is 13.1. The summed E-state index contributed by atoms with van der Waals surface area (Å²) in [7, 11) is 0. The van der Waals surface area contributed by atoms with Crippen molar-refractivity contribution >= 4 is 0 Å². The van der Waals surface area contributed by atoms with Crippen LogP contribution < -0.4 is 5.32 Å². The van der Waals surface area contributed by atoms with Gasteiger partial charge in [-0.2, -0.15) is 0 Å². The second-order valence-electron chi connectivity index (χ2n) is 3.92. The normalized spacial score (nSPS) is 12.3. The molecular weight excluding hydrogens is 212 g/mol. The van der Waals surface area contributed by atoms with E-state index in [-0.39, 0.29) is 0 Å². The van der Waals surface area contributed by atoms with Gasteiger partial charge >= 0.3 is 0 Å². The molecule has 2 rings (SSSR count). The molecule has 0 aliphatic rings. The number of rotatable bonds is 5. The third-order valence-electron chi connectivity index (χ3n) is 2.58. The Bertz CT molecular complexity index is 430. The van der Waals surface area contributed by atoms with Crippen molar-refractivity contribution in [2.24, 2.45) is 0 Å². The SMILES string of the molecule is OC(CNCc1ccccc1)c1cccnc1. The van der Waals surface area contributed by atoms with Crippen molar-refractivity contribution in [3.05, 3.63) is 66.0 Å². The maximum absolute atomic E-state index is 9.90. The number of aliphatic hydroxyl groups excluding tert-OH is 1. The van der Waals surface area contributed by atoms with Gasteiger partial charge in [-0.05, 0) is 11.6 Å². The van der Waals surface area contributed by atoms with Crippen LogP contribution in [-0.4, -0.2) is 16.6 Å².